The van der Waals surface area contributed by atoms with Crippen LogP contribution in [0.1, 0.15) is 12.8 Å². The fraction of sp³-hybridized carbons (Fsp3) is 0.500. The molecular weight excluding hydrogens is 229 g/mol. The molecule has 2 fully saturated rings. The summed E-state index contributed by atoms with van der Waals surface area (Å²) in [5.41, 5.74) is 0.178. The highest BCUT2D eigenvalue weighted by atomic mass is 19.1. The maximum atomic E-state index is 13.2. The fourth-order valence-corrected chi connectivity index (χ4v) is 3.14. The van der Waals surface area contributed by atoms with Gasteiger partial charge in [0, 0.05) is 24.7 Å². The van der Waals surface area contributed by atoms with Crippen LogP contribution in [-0.2, 0) is 0 Å². The number of nitriles is 1. The van der Waals surface area contributed by atoms with Crippen LogP contribution in [-0.4, -0.2) is 30.1 Å². The van der Waals surface area contributed by atoms with E-state index in [1.165, 1.54) is 12.1 Å². The molecule has 3 rings (SSSR count). The van der Waals surface area contributed by atoms with Crippen molar-refractivity contribution in [3.05, 3.63) is 30.1 Å². The Morgan fingerprint density at radius 3 is 3.11 bits per heavy atom. The number of nitrogens with one attached hydrogen (secondary N) is 1. The van der Waals surface area contributed by atoms with Gasteiger partial charge in [-0.05, 0) is 37.6 Å². The molecule has 2 aliphatic heterocycles. The zero-order chi connectivity index (χ0) is 12.6. The zero-order valence-corrected chi connectivity index (χ0v) is 10.2. The molecule has 2 bridgehead atoms. The first kappa shape index (κ1) is 11.5. The van der Waals surface area contributed by atoms with Crippen molar-refractivity contribution in [2.45, 2.75) is 18.4 Å². The molecule has 94 valence electrons. The summed E-state index contributed by atoms with van der Waals surface area (Å²) in [4.78, 5) is 2.40. The van der Waals surface area contributed by atoms with Gasteiger partial charge in [0.05, 0.1) is 6.07 Å². The Morgan fingerprint density at radius 1 is 1.44 bits per heavy atom. The Balaban J connectivity index is 1.86. The maximum absolute atomic E-state index is 13.2. The van der Waals surface area contributed by atoms with Crippen molar-refractivity contribution in [3.63, 3.8) is 0 Å². The third-order valence-corrected chi connectivity index (χ3v) is 4.18. The van der Waals surface area contributed by atoms with Crippen molar-refractivity contribution < 1.29 is 4.39 Å². The van der Waals surface area contributed by atoms with Crippen LogP contribution in [0.25, 0.3) is 0 Å². The molecule has 4 heteroatoms. The average molecular weight is 245 g/mol. The molecule has 0 amide bonds. The number of rotatable bonds is 2. The smallest absolute Gasteiger partial charge is 0.130 e. The Hall–Kier alpha value is -1.60. The van der Waals surface area contributed by atoms with Crippen LogP contribution in [0.2, 0.25) is 0 Å². The minimum absolute atomic E-state index is 0.267. The van der Waals surface area contributed by atoms with Crippen LogP contribution in [0.15, 0.2) is 24.3 Å². The minimum Gasteiger partial charge on any atom is -0.367 e. The summed E-state index contributed by atoms with van der Waals surface area (Å²) >= 11 is 0. The van der Waals surface area contributed by atoms with Crippen LogP contribution < -0.4 is 5.32 Å². The third-order valence-electron chi connectivity index (χ3n) is 4.18. The van der Waals surface area contributed by atoms with Crippen LogP contribution in [0.4, 0.5) is 10.1 Å². The number of hydrogen-bond donors (Lipinski definition) is 1. The van der Waals surface area contributed by atoms with Gasteiger partial charge in [-0.1, -0.05) is 6.07 Å². The highest BCUT2D eigenvalue weighted by Crippen LogP contribution is 2.37. The van der Waals surface area contributed by atoms with Crippen molar-refractivity contribution in [1.29, 1.82) is 5.26 Å². The molecule has 3 nitrogen and oxygen atoms in total. The quantitative estimate of drug-likeness (QED) is 0.868. The first-order chi connectivity index (χ1) is 8.72. The Kier molecular flexibility index (Phi) is 2.71. The van der Waals surface area contributed by atoms with E-state index in [9.17, 15) is 9.65 Å². The first-order valence-electron chi connectivity index (χ1n) is 6.39. The average Bonchev–Trinajstić information content (AvgIpc) is 2.78. The van der Waals surface area contributed by atoms with Gasteiger partial charge >= 0.3 is 0 Å². The van der Waals surface area contributed by atoms with Crippen molar-refractivity contribution >= 4 is 5.69 Å². The number of anilines is 1. The summed E-state index contributed by atoms with van der Waals surface area (Å²) in [6.45, 7) is 3.02. The molecular formula is C14H16FN3. The van der Waals surface area contributed by atoms with Crippen LogP contribution in [0, 0.1) is 23.1 Å². The Labute approximate surface area is 106 Å². The van der Waals surface area contributed by atoms with E-state index in [4.69, 9.17) is 0 Å². The number of fused-ring (bicyclic) bond motifs is 2. The lowest BCUT2D eigenvalue weighted by Gasteiger charge is -2.38. The van der Waals surface area contributed by atoms with Crippen molar-refractivity contribution in [2.75, 3.05) is 25.0 Å². The first-order valence-corrected chi connectivity index (χ1v) is 6.39. The summed E-state index contributed by atoms with van der Waals surface area (Å²) in [6.07, 6.45) is 1.86. The Morgan fingerprint density at radius 2 is 2.33 bits per heavy atom. The van der Waals surface area contributed by atoms with Gasteiger partial charge in [-0.25, -0.2) is 4.39 Å². The molecule has 1 aromatic carbocycles. The van der Waals surface area contributed by atoms with E-state index in [0.717, 1.165) is 32.5 Å². The molecule has 0 radical (unpaired) electrons. The van der Waals surface area contributed by atoms with Crippen LogP contribution in [0.5, 0.6) is 0 Å². The molecule has 3 atom stereocenters. The largest absolute Gasteiger partial charge is 0.367 e. The molecule has 0 aromatic heterocycles. The van der Waals surface area contributed by atoms with E-state index >= 15 is 0 Å². The zero-order valence-electron chi connectivity index (χ0n) is 10.2. The van der Waals surface area contributed by atoms with Gasteiger partial charge < -0.3 is 10.2 Å². The van der Waals surface area contributed by atoms with Gasteiger partial charge in [0.25, 0.3) is 0 Å². The molecule has 1 N–H and O–H groups in total. The number of benzene rings is 1. The molecule has 0 saturated carbocycles. The number of piperidine rings is 1. The number of halogens is 1. The summed E-state index contributed by atoms with van der Waals surface area (Å²) in [5.74, 6) is 0.0801. The molecule has 2 saturated heterocycles. The number of hydrogen-bond acceptors (Lipinski definition) is 3. The molecule has 18 heavy (non-hydrogen) atoms. The van der Waals surface area contributed by atoms with Crippen LogP contribution >= 0.6 is 0 Å². The van der Waals surface area contributed by atoms with E-state index < -0.39 is 5.54 Å². The second kappa shape index (κ2) is 4.25. The summed E-state index contributed by atoms with van der Waals surface area (Å²) in [6, 6.07) is 8.83. The van der Waals surface area contributed by atoms with E-state index in [2.05, 4.69) is 16.3 Å². The highest BCUT2D eigenvalue weighted by molar-refractivity contribution is 5.48. The molecule has 0 spiro atoms. The fourth-order valence-electron chi connectivity index (χ4n) is 3.14. The normalized spacial score (nSPS) is 34.0. The lowest BCUT2D eigenvalue weighted by molar-refractivity contribution is 0.221. The summed E-state index contributed by atoms with van der Waals surface area (Å²) in [5, 5.41) is 12.9. The van der Waals surface area contributed by atoms with E-state index in [1.54, 1.807) is 6.07 Å². The van der Waals surface area contributed by atoms with E-state index in [1.807, 2.05) is 6.07 Å². The number of nitrogens with zero attached hydrogens (tertiary/aromatic N) is 2. The van der Waals surface area contributed by atoms with Gasteiger partial charge in [-0.3, -0.25) is 0 Å². The Bertz CT molecular complexity index is 496. The molecule has 2 aliphatic rings. The third kappa shape index (κ3) is 1.85. The molecule has 1 aromatic rings. The van der Waals surface area contributed by atoms with Crippen molar-refractivity contribution in [1.82, 2.24) is 4.90 Å². The topological polar surface area (TPSA) is 39.1 Å². The van der Waals surface area contributed by atoms with E-state index in [-0.39, 0.29) is 5.82 Å². The van der Waals surface area contributed by atoms with Gasteiger partial charge in [0.1, 0.15) is 11.4 Å². The minimum atomic E-state index is -0.527. The van der Waals surface area contributed by atoms with Gasteiger partial charge in [-0.15, -0.1) is 0 Å². The summed E-state index contributed by atoms with van der Waals surface area (Å²) in [7, 11) is 0. The van der Waals surface area contributed by atoms with Gasteiger partial charge in [0.2, 0.25) is 0 Å². The lowest BCUT2D eigenvalue weighted by Crippen LogP contribution is -2.50. The van der Waals surface area contributed by atoms with Gasteiger partial charge in [-0.2, -0.15) is 5.26 Å². The van der Waals surface area contributed by atoms with Crippen molar-refractivity contribution in [3.8, 4) is 6.07 Å². The second-order valence-electron chi connectivity index (χ2n) is 5.25. The molecule has 3 unspecified atom stereocenters. The molecule has 0 aliphatic carbocycles. The standard InChI is InChI=1S/C14H16FN3/c15-12-2-1-3-13(8-12)17-14(10-16)5-7-18-6-4-11(14)9-18/h1-3,8,11,17H,4-7,9H2. The van der Waals surface area contributed by atoms with E-state index in [0.29, 0.717) is 11.6 Å². The van der Waals surface area contributed by atoms with Gasteiger partial charge in [0.15, 0.2) is 0 Å². The maximum Gasteiger partial charge on any atom is 0.130 e. The highest BCUT2D eigenvalue weighted by Gasteiger charge is 2.46. The van der Waals surface area contributed by atoms with Crippen molar-refractivity contribution in [2.24, 2.45) is 5.92 Å². The summed E-state index contributed by atoms with van der Waals surface area (Å²) < 4.78 is 13.2. The van der Waals surface area contributed by atoms with Crippen LogP contribution in [0.3, 0.4) is 0 Å². The monoisotopic (exact) mass is 245 g/mol. The SMILES string of the molecule is N#CC1(Nc2cccc(F)c2)CCN2CCC1C2. The predicted molar refractivity (Wildman–Crippen MR) is 67.5 cm³/mol. The second-order valence-corrected chi connectivity index (χ2v) is 5.25. The predicted octanol–water partition coefficient (Wildman–Crippen LogP) is 2.23. The molecule has 2 heterocycles. The lowest BCUT2D eigenvalue weighted by atomic mass is 9.79.